The van der Waals surface area contributed by atoms with Crippen LogP contribution in [-0.4, -0.2) is 13.0 Å². The largest absolute Gasteiger partial charge is 0.493 e. The van der Waals surface area contributed by atoms with Crippen LogP contribution >= 0.6 is 0 Å². The Balaban J connectivity index is 1.61. The van der Waals surface area contributed by atoms with Crippen molar-refractivity contribution in [2.75, 3.05) is 12.4 Å². The number of para-hydroxylation sites is 2. The molecule has 4 nitrogen and oxygen atoms in total. The van der Waals surface area contributed by atoms with E-state index in [1.165, 1.54) is 12.1 Å². The summed E-state index contributed by atoms with van der Waals surface area (Å²) in [4.78, 5) is 12.1. The second-order valence-corrected chi connectivity index (χ2v) is 5.63. The van der Waals surface area contributed by atoms with Gasteiger partial charge in [0.2, 0.25) is 5.91 Å². The van der Waals surface area contributed by atoms with E-state index in [1.807, 2.05) is 24.3 Å². The molecule has 3 aromatic rings. The number of halogens is 1. The number of hydrogen-bond acceptors (Lipinski definition) is 3. The van der Waals surface area contributed by atoms with Crippen LogP contribution in [0.1, 0.15) is 5.56 Å². The van der Waals surface area contributed by atoms with Crippen LogP contribution in [0.4, 0.5) is 10.1 Å². The maximum absolute atomic E-state index is 13.2. The van der Waals surface area contributed by atoms with Crippen molar-refractivity contribution in [1.82, 2.24) is 0 Å². The number of carbonyl (C=O) groups excluding carboxylic acids is 1. The van der Waals surface area contributed by atoms with E-state index in [1.54, 1.807) is 43.5 Å². The maximum Gasteiger partial charge on any atom is 0.228 e. The molecule has 1 N–H and O–H groups in total. The highest BCUT2D eigenvalue weighted by molar-refractivity contribution is 5.92. The minimum absolute atomic E-state index is 0.108. The van der Waals surface area contributed by atoms with Crippen molar-refractivity contribution in [2.45, 2.75) is 6.42 Å². The van der Waals surface area contributed by atoms with E-state index in [0.29, 0.717) is 28.5 Å². The number of amides is 1. The Bertz CT molecular complexity index is 894. The van der Waals surface area contributed by atoms with Crippen LogP contribution in [0.15, 0.2) is 72.8 Å². The molecule has 1 amide bonds. The Morgan fingerprint density at radius 2 is 1.69 bits per heavy atom. The first-order valence-electron chi connectivity index (χ1n) is 8.09. The van der Waals surface area contributed by atoms with Crippen LogP contribution in [-0.2, 0) is 11.2 Å². The van der Waals surface area contributed by atoms with Crippen molar-refractivity contribution in [2.24, 2.45) is 0 Å². The average molecular weight is 351 g/mol. The van der Waals surface area contributed by atoms with Crippen LogP contribution in [0, 0.1) is 5.82 Å². The first kappa shape index (κ1) is 17.5. The summed E-state index contributed by atoms with van der Waals surface area (Å²) in [7, 11) is 1.58. The van der Waals surface area contributed by atoms with Gasteiger partial charge < -0.3 is 14.8 Å². The fraction of sp³-hybridized carbons (Fsp3) is 0.0952. The lowest BCUT2D eigenvalue weighted by Crippen LogP contribution is -2.14. The van der Waals surface area contributed by atoms with Gasteiger partial charge in [-0.1, -0.05) is 24.3 Å². The molecule has 0 bridgehead atoms. The summed E-state index contributed by atoms with van der Waals surface area (Å²) in [6.07, 6.45) is 0.108. The summed E-state index contributed by atoms with van der Waals surface area (Å²) in [6, 6.07) is 20.4. The van der Waals surface area contributed by atoms with E-state index in [4.69, 9.17) is 9.47 Å². The molecule has 0 aromatic heterocycles. The van der Waals surface area contributed by atoms with Gasteiger partial charge in [0, 0.05) is 5.69 Å². The normalized spacial score (nSPS) is 10.2. The molecule has 0 spiro atoms. The Hall–Kier alpha value is -3.34. The Labute approximate surface area is 151 Å². The summed E-state index contributed by atoms with van der Waals surface area (Å²) in [6.45, 7) is 0. The van der Waals surface area contributed by atoms with Crippen molar-refractivity contribution < 1.29 is 18.7 Å². The van der Waals surface area contributed by atoms with E-state index in [2.05, 4.69) is 5.32 Å². The van der Waals surface area contributed by atoms with Crippen molar-refractivity contribution in [3.8, 4) is 17.2 Å². The van der Waals surface area contributed by atoms with Gasteiger partial charge in [-0.2, -0.15) is 0 Å². The van der Waals surface area contributed by atoms with Gasteiger partial charge in [0.1, 0.15) is 11.6 Å². The van der Waals surface area contributed by atoms with Gasteiger partial charge in [-0.05, 0) is 54.1 Å². The fourth-order valence-electron chi connectivity index (χ4n) is 2.47. The molecule has 0 aliphatic rings. The summed E-state index contributed by atoms with van der Waals surface area (Å²) < 4.78 is 24.2. The topological polar surface area (TPSA) is 47.6 Å². The quantitative estimate of drug-likeness (QED) is 0.693. The molecule has 0 aliphatic heterocycles. The van der Waals surface area contributed by atoms with Crippen molar-refractivity contribution in [3.05, 3.63) is 84.2 Å². The van der Waals surface area contributed by atoms with Gasteiger partial charge in [-0.15, -0.1) is 0 Å². The summed E-state index contributed by atoms with van der Waals surface area (Å²) in [5.74, 6) is 1.30. The van der Waals surface area contributed by atoms with Crippen LogP contribution in [0.2, 0.25) is 0 Å². The Morgan fingerprint density at radius 3 is 2.38 bits per heavy atom. The molecule has 0 radical (unpaired) electrons. The van der Waals surface area contributed by atoms with Gasteiger partial charge in [0.15, 0.2) is 11.5 Å². The zero-order valence-electron chi connectivity index (χ0n) is 14.2. The average Bonchev–Trinajstić information content (AvgIpc) is 2.64. The molecule has 0 atom stereocenters. The molecular weight excluding hydrogens is 333 g/mol. The van der Waals surface area contributed by atoms with Gasteiger partial charge in [-0.3, -0.25) is 4.79 Å². The SMILES string of the molecule is COc1ccccc1Oc1ccc(NC(=O)Cc2cccc(F)c2)cc1. The van der Waals surface area contributed by atoms with Crippen LogP contribution in [0.25, 0.3) is 0 Å². The lowest BCUT2D eigenvalue weighted by Gasteiger charge is -2.11. The predicted molar refractivity (Wildman–Crippen MR) is 98.2 cm³/mol. The lowest BCUT2D eigenvalue weighted by atomic mass is 10.1. The number of hydrogen-bond donors (Lipinski definition) is 1. The molecule has 0 saturated carbocycles. The molecule has 0 aliphatic carbocycles. The molecular formula is C21H18FNO3. The number of rotatable bonds is 6. The predicted octanol–water partition coefficient (Wildman–Crippen LogP) is 4.81. The first-order valence-corrected chi connectivity index (χ1v) is 8.09. The van der Waals surface area contributed by atoms with Gasteiger partial charge in [0.05, 0.1) is 13.5 Å². The minimum Gasteiger partial charge on any atom is -0.493 e. The first-order chi connectivity index (χ1) is 12.6. The van der Waals surface area contributed by atoms with Crippen LogP contribution in [0.5, 0.6) is 17.2 Å². The molecule has 5 heteroatoms. The number of benzene rings is 3. The standard InChI is InChI=1S/C21H18FNO3/c1-25-19-7-2-3-8-20(19)26-18-11-9-17(10-12-18)23-21(24)14-15-5-4-6-16(22)13-15/h2-13H,14H2,1H3,(H,23,24). The second-order valence-electron chi connectivity index (χ2n) is 5.63. The number of methoxy groups -OCH3 is 1. The highest BCUT2D eigenvalue weighted by Gasteiger charge is 2.07. The minimum atomic E-state index is -0.354. The molecule has 0 unspecified atom stereocenters. The zero-order chi connectivity index (χ0) is 18.4. The van der Waals surface area contributed by atoms with Gasteiger partial charge >= 0.3 is 0 Å². The summed E-state index contributed by atoms with van der Waals surface area (Å²) >= 11 is 0. The number of nitrogens with one attached hydrogen (secondary N) is 1. The highest BCUT2D eigenvalue weighted by Crippen LogP contribution is 2.31. The zero-order valence-corrected chi connectivity index (χ0v) is 14.2. The Kier molecular flexibility index (Phi) is 5.49. The van der Waals surface area contributed by atoms with E-state index in [-0.39, 0.29) is 18.1 Å². The lowest BCUT2D eigenvalue weighted by molar-refractivity contribution is -0.115. The highest BCUT2D eigenvalue weighted by atomic mass is 19.1. The molecule has 0 fully saturated rings. The third-order valence-electron chi connectivity index (χ3n) is 3.69. The summed E-state index contributed by atoms with van der Waals surface area (Å²) in [5.41, 5.74) is 1.26. The maximum atomic E-state index is 13.2. The molecule has 0 heterocycles. The smallest absolute Gasteiger partial charge is 0.228 e. The van der Waals surface area contributed by atoms with E-state index < -0.39 is 0 Å². The molecule has 26 heavy (non-hydrogen) atoms. The Morgan fingerprint density at radius 1 is 0.962 bits per heavy atom. The number of carbonyl (C=O) groups is 1. The summed E-state index contributed by atoms with van der Waals surface area (Å²) in [5, 5.41) is 2.78. The van der Waals surface area contributed by atoms with Crippen molar-refractivity contribution in [1.29, 1.82) is 0 Å². The third kappa shape index (κ3) is 4.60. The second kappa shape index (κ2) is 8.16. The van der Waals surface area contributed by atoms with Crippen LogP contribution < -0.4 is 14.8 Å². The molecule has 3 rings (SSSR count). The fourth-order valence-corrected chi connectivity index (χ4v) is 2.47. The third-order valence-corrected chi connectivity index (χ3v) is 3.69. The molecule has 3 aromatic carbocycles. The molecule has 132 valence electrons. The van der Waals surface area contributed by atoms with E-state index >= 15 is 0 Å². The van der Waals surface area contributed by atoms with Crippen LogP contribution in [0.3, 0.4) is 0 Å². The molecule has 0 saturated heterocycles. The number of ether oxygens (including phenoxy) is 2. The monoisotopic (exact) mass is 351 g/mol. The van der Waals surface area contributed by atoms with Gasteiger partial charge in [-0.25, -0.2) is 4.39 Å². The van der Waals surface area contributed by atoms with Gasteiger partial charge in [0.25, 0.3) is 0 Å². The van der Waals surface area contributed by atoms with E-state index in [9.17, 15) is 9.18 Å². The van der Waals surface area contributed by atoms with Crippen molar-refractivity contribution >= 4 is 11.6 Å². The van der Waals surface area contributed by atoms with E-state index in [0.717, 1.165) is 0 Å². The number of anilines is 1. The van der Waals surface area contributed by atoms with Crippen molar-refractivity contribution in [3.63, 3.8) is 0 Å².